The van der Waals surface area contributed by atoms with Crippen molar-refractivity contribution >= 4 is 45.2 Å². The Labute approximate surface area is 96.4 Å². The van der Waals surface area contributed by atoms with Crippen LogP contribution in [0.4, 0.5) is 0 Å². The number of hydrogen-bond acceptors (Lipinski definition) is 1. The van der Waals surface area contributed by atoms with Gasteiger partial charge in [0, 0.05) is 13.9 Å². The van der Waals surface area contributed by atoms with Gasteiger partial charge in [-0.3, -0.25) is 0 Å². The lowest BCUT2D eigenvalue weighted by Gasteiger charge is -2.40. The maximum atomic E-state index is 3.43. The van der Waals surface area contributed by atoms with Crippen LogP contribution in [0.2, 0.25) is 0 Å². The van der Waals surface area contributed by atoms with Crippen LogP contribution in [0.15, 0.2) is 0 Å². The van der Waals surface area contributed by atoms with Gasteiger partial charge in [-0.1, -0.05) is 59.0 Å². The van der Waals surface area contributed by atoms with Crippen molar-refractivity contribution in [3.05, 3.63) is 0 Å². The summed E-state index contributed by atoms with van der Waals surface area (Å²) in [5.41, 5.74) is 0. The maximum absolute atomic E-state index is 3.43. The molecule has 1 rings (SSSR count). The van der Waals surface area contributed by atoms with Gasteiger partial charge in [0.25, 0.3) is 0 Å². The molecule has 66 valence electrons. The molecule has 0 aromatic rings. The van der Waals surface area contributed by atoms with Gasteiger partial charge in [0.1, 0.15) is 0 Å². The fraction of sp³-hybridized carbons (Fsp3) is 1.00. The van der Waals surface area contributed by atoms with Crippen molar-refractivity contribution in [2.75, 3.05) is 13.1 Å². The molecule has 1 nitrogen and oxygen atoms in total. The smallest absolute Gasteiger partial charge is 0.0387 e. The second kappa shape index (κ2) is 4.09. The highest BCUT2D eigenvalue weighted by Gasteiger charge is 2.39. The molecule has 0 aromatic heterocycles. The predicted molar refractivity (Wildman–Crippen MR) is 66.9 cm³/mol. The van der Waals surface area contributed by atoms with Crippen molar-refractivity contribution in [3.63, 3.8) is 0 Å². The molecule has 0 amide bonds. The average Bonchev–Trinajstić information content (AvgIpc) is 1.95. The minimum absolute atomic E-state index is 0.531. The van der Waals surface area contributed by atoms with Crippen molar-refractivity contribution in [2.45, 2.75) is 27.6 Å². The number of piperidine rings is 1. The van der Waals surface area contributed by atoms with Gasteiger partial charge < -0.3 is 5.32 Å². The van der Waals surface area contributed by atoms with Gasteiger partial charge in [-0.2, -0.15) is 0 Å². The molecule has 0 bridgehead atoms. The van der Waals surface area contributed by atoms with E-state index in [4.69, 9.17) is 0 Å². The molecular formula is C8H15I2N. The number of rotatable bonds is 1. The van der Waals surface area contributed by atoms with Crippen LogP contribution in [-0.2, 0) is 0 Å². The van der Waals surface area contributed by atoms with Crippen molar-refractivity contribution in [1.82, 2.24) is 5.32 Å². The van der Waals surface area contributed by atoms with Crippen molar-refractivity contribution in [2.24, 2.45) is 5.92 Å². The van der Waals surface area contributed by atoms with E-state index in [1.54, 1.807) is 0 Å². The average molecular weight is 379 g/mol. The molecule has 0 aliphatic carbocycles. The lowest BCUT2D eigenvalue weighted by Crippen LogP contribution is -2.49. The van der Waals surface area contributed by atoms with Crippen molar-refractivity contribution in [1.29, 1.82) is 0 Å². The molecular weight excluding hydrogens is 364 g/mol. The molecule has 0 radical (unpaired) electrons. The Balaban J connectivity index is 2.64. The summed E-state index contributed by atoms with van der Waals surface area (Å²) in [7, 11) is 0. The Bertz CT molecular complexity index is 138. The van der Waals surface area contributed by atoms with Gasteiger partial charge in [-0.25, -0.2) is 0 Å². The molecule has 2 atom stereocenters. The summed E-state index contributed by atoms with van der Waals surface area (Å²) < 4.78 is 1.32. The summed E-state index contributed by atoms with van der Waals surface area (Å²) in [6, 6.07) is 0. The molecule has 1 heterocycles. The predicted octanol–water partition coefficient (Wildman–Crippen LogP) is 2.61. The fourth-order valence-corrected chi connectivity index (χ4v) is 3.32. The largest absolute Gasteiger partial charge is 0.316 e. The third-order valence-electron chi connectivity index (χ3n) is 2.49. The van der Waals surface area contributed by atoms with Crippen LogP contribution in [0.3, 0.4) is 0 Å². The number of alkyl halides is 2. The first-order valence-corrected chi connectivity index (χ1v) is 6.43. The highest BCUT2D eigenvalue weighted by Crippen LogP contribution is 2.40. The quantitative estimate of drug-likeness (QED) is 0.546. The lowest BCUT2D eigenvalue weighted by molar-refractivity contribution is 0.369. The van der Waals surface area contributed by atoms with Crippen molar-refractivity contribution in [3.8, 4) is 0 Å². The van der Waals surface area contributed by atoms with Crippen LogP contribution >= 0.6 is 45.2 Å². The van der Waals surface area contributed by atoms with Gasteiger partial charge in [0.05, 0.1) is 0 Å². The van der Waals surface area contributed by atoms with E-state index >= 15 is 0 Å². The molecule has 0 unspecified atom stereocenters. The first-order valence-electron chi connectivity index (χ1n) is 4.11. The molecule has 1 fully saturated rings. The molecule has 11 heavy (non-hydrogen) atoms. The Morgan fingerprint density at radius 3 is 2.55 bits per heavy atom. The Morgan fingerprint density at radius 1 is 1.55 bits per heavy atom. The highest BCUT2D eigenvalue weighted by molar-refractivity contribution is 14.1. The monoisotopic (exact) mass is 379 g/mol. The van der Waals surface area contributed by atoms with Crippen LogP contribution in [0.1, 0.15) is 20.3 Å². The van der Waals surface area contributed by atoms with Crippen LogP contribution in [0, 0.1) is 5.92 Å². The first kappa shape index (κ1) is 10.5. The summed E-state index contributed by atoms with van der Waals surface area (Å²) in [6.07, 6.45) is 1.32. The number of halogens is 2. The standard InChI is InChI=1S/C8H15I2N/c1-6(2)8(10)3-4-11-5-7(8)9/h6-7,11H,3-5H2,1-2H3/t7-,8+/m0/s1. The third-order valence-corrected chi connectivity index (χ3v) is 7.77. The second-order valence-corrected chi connectivity index (χ2v) is 7.02. The molecule has 1 N–H and O–H groups in total. The van der Waals surface area contributed by atoms with E-state index < -0.39 is 0 Å². The van der Waals surface area contributed by atoms with Crippen LogP contribution in [0.5, 0.6) is 0 Å². The number of nitrogens with one attached hydrogen (secondary N) is 1. The summed E-state index contributed by atoms with van der Waals surface area (Å²) in [6.45, 7) is 7.05. The van der Waals surface area contributed by atoms with Crippen LogP contribution < -0.4 is 5.32 Å². The Kier molecular flexibility index (Phi) is 3.90. The molecule has 0 spiro atoms. The molecule has 0 aromatic carbocycles. The normalized spacial score (nSPS) is 39.5. The zero-order valence-corrected chi connectivity index (χ0v) is 11.3. The minimum Gasteiger partial charge on any atom is -0.316 e. The van der Waals surface area contributed by atoms with E-state index in [9.17, 15) is 0 Å². The summed E-state index contributed by atoms with van der Waals surface area (Å²) >= 11 is 5.24. The molecule has 3 heteroatoms. The zero-order chi connectivity index (χ0) is 8.48. The minimum atomic E-state index is 0.531. The van der Waals surface area contributed by atoms with E-state index in [-0.39, 0.29) is 0 Å². The van der Waals surface area contributed by atoms with Crippen molar-refractivity contribution < 1.29 is 0 Å². The second-order valence-electron chi connectivity index (χ2n) is 3.50. The first-order chi connectivity index (χ1) is 5.07. The zero-order valence-electron chi connectivity index (χ0n) is 7.03. The van der Waals surface area contributed by atoms with E-state index in [1.807, 2.05) is 0 Å². The maximum Gasteiger partial charge on any atom is 0.0387 e. The van der Waals surface area contributed by atoms with Crippen LogP contribution in [-0.4, -0.2) is 20.4 Å². The lowest BCUT2D eigenvalue weighted by atomic mass is 9.87. The van der Waals surface area contributed by atoms with Gasteiger partial charge >= 0.3 is 0 Å². The van der Waals surface area contributed by atoms with Gasteiger partial charge in [-0.05, 0) is 18.9 Å². The molecule has 0 saturated carbocycles. The van der Waals surface area contributed by atoms with E-state index in [0.717, 1.165) is 9.84 Å². The van der Waals surface area contributed by atoms with Gasteiger partial charge in [-0.15, -0.1) is 0 Å². The molecule has 1 aliphatic rings. The van der Waals surface area contributed by atoms with Gasteiger partial charge in [0.2, 0.25) is 0 Å². The SMILES string of the molecule is CC(C)[C@]1(I)CCNC[C@@H]1I. The number of hydrogen-bond donors (Lipinski definition) is 1. The summed E-state index contributed by atoms with van der Waals surface area (Å²) in [5, 5.41) is 3.43. The fourth-order valence-electron chi connectivity index (χ4n) is 1.49. The van der Waals surface area contributed by atoms with Crippen LogP contribution in [0.25, 0.3) is 0 Å². The molecule has 1 aliphatic heterocycles. The summed E-state index contributed by atoms with van der Waals surface area (Å²) in [5.74, 6) is 0.798. The molecule has 1 saturated heterocycles. The van der Waals surface area contributed by atoms with E-state index in [1.165, 1.54) is 19.5 Å². The van der Waals surface area contributed by atoms with E-state index in [0.29, 0.717) is 3.42 Å². The Morgan fingerprint density at radius 2 is 2.18 bits per heavy atom. The highest BCUT2D eigenvalue weighted by atomic mass is 127. The summed E-state index contributed by atoms with van der Waals surface area (Å²) in [4.78, 5) is 0. The van der Waals surface area contributed by atoms with E-state index in [2.05, 4.69) is 64.3 Å². The topological polar surface area (TPSA) is 12.0 Å². The van der Waals surface area contributed by atoms with Gasteiger partial charge in [0.15, 0.2) is 0 Å². The third kappa shape index (κ3) is 2.21. The Hall–Kier alpha value is 1.42.